The summed E-state index contributed by atoms with van der Waals surface area (Å²) < 4.78 is 0. The van der Waals surface area contributed by atoms with Crippen molar-refractivity contribution in [3.05, 3.63) is 36.5 Å². The van der Waals surface area contributed by atoms with E-state index < -0.39 is 24.2 Å². The normalized spacial score (nSPS) is 13.8. The van der Waals surface area contributed by atoms with Gasteiger partial charge in [-0.1, -0.05) is 237 Å². The van der Waals surface area contributed by atoms with Crippen molar-refractivity contribution in [2.45, 2.75) is 263 Å². The second-order valence-electron chi connectivity index (χ2n) is 16.3. The van der Waals surface area contributed by atoms with Crippen LogP contribution in [0.4, 0.5) is 0 Å². The number of carbonyl (C=O) groups excluding carboxylic acids is 1. The molecule has 0 aromatic rings. The lowest BCUT2D eigenvalue weighted by atomic mass is 10.0. The van der Waals surface area contributed by atoms with Gasteiger partial charge in [-0.3, -0.25) is 4.79 Å². The van der Waals surface area contributed by atoms with Crippen molar-refractivity contribution in [3.63, 3.8) is 0 Å². The predicted octanol–water partition coefficient (Wildman–Crippen LogP) is 13.9. The van der Waals surface area contributed by atoms with Gasteiger partial charge in [-0.25, -0.2) is 0 Å². The van der Waals surface area contributed by atoms with Gasteiger partial charge in [-0.15, -0.1) is 0 Å². The first-order valence-corrected chi connectivity index (χ1v) is 23.8. The van der Waals surface area contributed by atoms with Gasteiger partial charge in [0.15, 0.2) is 0 Å². The molecule has 0 aromatic heterocycles. The molecule has 5 nitrogen and oxygen atoms in total. The first kappa shape index (κ1) is 52.6. The van der Waals surface area contributed by atoms with E-state index >= 15 is 0 Å². The van der Waals surface area contributed by atoms with Gasteiger partial charge in [0.1, 0.15) is 6.10 Å². The van der Waals surface area contributed by atoms with Crippen LogP contribution >= 0.6 is 0 Å². The SMILES string of the molecule is CCCCCCCCCCC/C=C/CC/C=C/CC/C=C/C(O)C(CO)NC(=O)C(O)CCCCCCCCCCCCCCCCCCCCCCC. The van der Waals surface area contributed by atoms with Crippen LogP contribution < -0.4 is 5.32 Å². The summed E-state index contributed by atoms with van der Waals surface area (Å²) in [4.78, 5) is 12.5. The highest BCUT2D eigenvalue weighted by Gasteiger charge is 2.22. The zero-order chi connectivity index (χ0) is 39.4. The average molecular weight is 760 g/mol. The van der Waals surface area contributed by atoms with Crippen LogP contribution in [0.2, 0.25) is 0 Å². The van der Waals surface area contributed by atoms with Crippen LogP contribution in [0.3, 0.4) is 0 Å². The molecule has 0 fully saturated rings. The number of nitrogens with one attached hydrogen (secondary N) is 1. The summed E-state index contributed by atoms with van der Waals surface area (Å²) in [6.07, 6.45) is 56.2. The number of unbranched alkanes of at least 4 members (excludes halogenated alkanes) is 31. The maximum absolute atomic E-state index is 12.5. The topological polar surface area (TPSA) is 89.8 Å². The molecule has 0 aliphatic rings. The Bertz CT molecular complexity index is 840. The number of amides is 1. The van der Waals surface area contributed by atoms with Crippen LogP contribution in [0.5, 0.6) is 0 Å². The van der Waals surface area contributed by atoms with E-state index in [2.05, 4.69) is 43.5 Å². The van der Waals surface area contributed by atoms with Gasteiger partial charge in [-0.05, 0) is 44.9 Å². The Labute approximate surface area is 336 Å². The van der Waals surface area contributed by atoms with E-state index in [1.54, 1.807) is 6.08 Å². The summed E-state index contributed by atoms with van der Waals surface area (Å²) in [6, 6.07) is -0.819. The minimum absolute atomic E-state index is 0.379. The van der Waals surface area contributed by atoms with E-state index in [1.165, 1.54) is 180 Å². The molecule has 0 spiro atoms. The molecule has 0 rings (SSSR count). The lowest BCUT2D eigenvalue weighted by molar-refractivity contribution is -0.131. The van der Waals surface area contributed by atoms with Crippen molar-refractivity contribution in [1.29, 1.82) is 0 Å². The minimum atomic E-state index is -1.11. The van der Waals surface area contributed by atoms with Gasteiger partial charge in [0.2, 0.25) is 5.91 Å². The summed E-state index contributed by atoms with van der Waals surface area (Å²) in [5.41, 5.74) is 0. The standard InChI is InChI=1S/C49H93NO4/c1-3-5-7-9-11-13-15-17-19-21-23-24-26-28-30-32-34-36-38-40-42-44-48(53)49(54)50-46(45-51)47(52)43-41-39-37-35-33-31-29-27-25-22-20-18-16-14-12-10-8-6-4-2/h25,27,33,35,41,43,46-48,51-53H,3-24,26,28-32,34,36-40,42,44-45H2,1-2H3,(H,50,54)/b27-25+,35-33+,43-41+. The molecule has 0 aromatic carbocycles. The fourth-order valence-electron chi connectivity index (χ4n) is 7.22. The van der Waals surface area contributed by atoms with Crippen molar-refractivity contribution in [1.82, 2.24) is 5.32 Å². The van der Waals surface area contributed by atoms with Crippen LogP contribution in [0.15, 0.2) is 36.5 Å². The summed E-state index contributed by atoms with van der Waals surface area (Å²) in [5.74, 6) is -0.514. The van der Waals surface area contributed by atoms with Crippen LogP contribution in [0.25, 0.3) is 0 Å². The highest BCUT2D eigenvalue weighted by Crippen LogP contribution is 2.16. The largest absolute Gasteiger partial charge is 0.394 e. The Morgan fingerprint density at radius 1 is 0.444 bits per heavy atom. The summed E-state index contributed by atoms with van der Waals surface area (Å²) in [5, 5.41) is 33.2. The first-order valence-electron chi connectivity index (χ1n) is 23.8. The molecular weight excluding hydrogens is 667 g/mol. The van der Waals surface area contributed by atoms with Crippen molar-refractivity contribution >= 4 is 5.91 Å². The third kappa shape index (κ3) is 38.8. The second-order valence-corrected chi connectivity index (χ2v) is 16.3. The Hall–Kier alpha value is -1.43. The average Bonchev–Trinajstić information content (AvgIpc) is 3.18. The smallest absolute Gasteiger partial charge is 0.249 e. The third-order valence-electron chi connectivity index (χ3n) is 11.0. The molecule has 0 aliphatic carbocycles. The fourth-order valence-corrected chi connectivity index (χ4v) is 7.22. The number of hydrogen-bond donors (Lipinski definition) is 4. The van der Waals surface area contributed by atoms with Gasteiger partial charge in [0, 0.05) is 0 Å². The van der Waals surface area contributed by atoms with Crippen molar-refractivity contribution in [3.8, 4) is 0 Å². The molecule has 0 saturated carbocycles. The van der Waals surface area contributed by atoms with E-state index in [9.17, 15) is 20.1 Å². The number of allylic oxidation sites excluding steroid dienone is 5. The molecule has 0 heterocycles. The van der Waals surface area contributed by atoms with Gasteiger partial charge >= 0.3 is 0 Å². The Kier molecular flexibility index (Phi) is 43.1. The predicted molar refractivity (Wildman–Crippen MR) is 236 cm³/mol. The number of rotatable bonds is 43. The molecule has 1 amide bonds. The molecular formula is C49H93NO4. The molecule has 318 valence electrons. The molecule has 0 radical (unpaired) electrons. The first-order chi connectivity index (χ1) is 26.6. The number of hydrogen-bond acceptors (Lipinski definition) is 4. The van der Waals surface area contributed by atoms with Crippen molar-refractivity contribution < 1.29 is 20.1 Å². The quantitative estimate of drug-likeness (QED) is 0.0368. The van der Waals surface area contributed by atoms with Crippen molar-refractivity contribution in [2.75, 3.05) is 6.61 Å². The summed E-state index contributed by atoms with van der Waals surface area (Å²) in [7, 11) is 0. The maximum Gasteiger partial charge on any atom is 0.249 e. The third-order valence-corrected chi connectivity index (χ3v) is 11.0. The molecule has 0 bridgehead atoms. The molecule has 0 aliphatic heterocycles. The van der Waals surface area contributed by atoms with Crippen LogP contribution in [0.1, 0.15) is 245 Å². The lowest BCUT2D eigenvalue weighted by Gasteiger charge is -2.21. The van der Waals surface area contributed by atoms with E-state index in [1.807, 2.05) is 6.08 Å². The van der Waals surface area contributed by atoms with E-state index in [0.29, 0.717) is 6.42 Å². The molecule has 0 saturated heterocycles. The zero-order valence-electron chi connectivity index (χ0n) is 36.1. The van der Waals surface area contributed by atoms with E-state index in [0.717, 1.165) is 44.9 Å². The summed E-state index contributed by atoms with van der Waals surface area (Å²) in [6.45, 7) is 4.18. The Morgan fingerprint density at radius 3 is 1.13 bits per heavy atom. The molecule has 4 N–H and O–H groups in total. The monoisotopic (exact) mass is 760 g/mol. The molecule has 5 heteroatoms. The lowest BCUT2D eigenvalue weighted by Crippen LogP contribution is -2.48. The number of aliphatic hydroxyl groups is 3. The van der Waals surface area contributed by atoms with Gasteiger partial charge in [0.05, 0.1) is 18.8 Å². The number of aliphatic hydroxyl groups excluding tert-OH is 3. The van der Waals surface area contributed by atoms with Crippen LogP contribution in [-0.4, -0.2) is 46.1 Å². The highest BCUT2D eigenvalue weighted by atomic mass is 16.3. The Morgan fingerprint density at radius 2 is 0.759 bits per heavy atom. The fraction of sp³-hybridized carbons (Fsp3) is 0.857. The highest BCUT2D eigenvalue weighted by molar-refractivity contribution is 5.80. The van der Waals surface area contributed by atoms with E-state index in [4.69, 9.17) is 0 Å². The van der Waals surface area contributed by atoms with Gasteiger partial charge in [0.25, 0.3) is 0 Å². The van der Waals surface area contributed by atoms with Gasteiger partial charge < -0.3 is 20.6 Å². The van der Waals surface area contributed by atoms with Crippen LogP contribution in [-0.2, 0) is 4.79 Å². The molecule has 54 heavy (non-hydrogen) atoms. The van der Waals surface area contributed by atoms with E-state index in [-0.39, 0.29) is 6.61 Å². The number of carbonyl (C=O) groups is 1. The molecule has 3 unspecified atom stereocenters. The maximum atomic E-state index is 12.5. The van der Waals surface area contributed by atoms with Crippen LogP contribution in [0, 0.1) is 0 Å². The Balaban J connectivity index is 3.69. The van der Waals surface area contributed by atoms with Gasteiger partial charge in [-0.2, -0.15) is 0 Å². The van der Waals surface area contributed by atoms with Crippen molar-refractivity contribution in [2.24, 2.45) is 0 Å². The summed E-state index contributed by atoms with van der Waals surface area (Å²) >= 11 is 0. The molecule has 3 atom stereocenters. The zero-order valence-corrected chi connectivity index (χ0v) is 36.1. The second kappa shape index (κ2) is 44.3. The minimum Gasteiger partial charge on any atom is -0.394 e.